The summed E-state index contributed by atoms with van der Waals surface area (Å²) in [4.78, 5) is 0. The van der Waals surface area contributed by atoms with Crippen LogP contribution in [0.2, 0.25) is 0 Å². The number of hydrogen-bond donors (Lipinski definition) is 1. The van der Waals surface area contributed by atoms with Gasteiger partial charge >= 0.3 is 0 Å². The zero-order valence-corrected chi connectivity index (χ0v) is 8.91. The maximum atomic E-state index is 8.98. The molecule has 0 amide bonds. The monoisotopic (exact) mass is 199 g/mol. The Labute approximate surface area is 90.0 Å². The molecule has 0 radical (unpaired) electrons. The Morgan fingerprint density at radius 1 is 1.40 bits per heavy atom. The molecular formula is C12H13N3. The van der Waals surface area contributed by atoms with Gasteiger partial charge in [-0.2, -0.15) is 10.5 Å². The Morgan fingerprint density at radius 3 is 2.67 bits per heavy atom. The van der Waals surface area contributed by atoms with E-state index in [9.17, 15) is 0 Å². The molecule has 1 N–H and O–H groups in total. The van der Waals surface area contributed by atoms with Crippen LogP contribution < -0.4 is 5.32 Å². The Bertz CT molecular complexity index is 423. The van der Waals surface area contributed by atoms with Gasteiger partial charge in [-0.1, -0.05) is 19.1 Å². The molecular weight excluding hydrogens is 186 g/mol. The second-order valence-electron chi connectivity index (χ2n) is 3.34. The van der Waals surface area contributed by atoms with Crippen LogP contribution >= 0.6 is 0 Å². The van der Waals surface area contributed by atoms with E-state index in [2.05, 4.69) is 17.5 Å². The van der Waals surface area contributed by atoms with E-state index >= 15 is 0 Å². The Kier molecular flexibility index (Phi) is 3.71. The summed E-state index contributed by atoms with van der Waals surface area (Å²) in [5, 5.41) is 20.9. The molecule has 1 atom stereocenters. The first-order valence-electron chi connectivity index (χ1n) is 4.88. The lowest BCUT2D eigenvalue weighted by atomic mass is 10.1. The van der Waals surface area contributed by atoms with Gasteiger partial charge in [0.2, 0.25) is 0 Å². The van der Waals surface area contributed by atoms with Gasteiger partial charge in [0.25, 0.3) is 0 Å². The Hall–Kier alpha value is -2.00. The molecule has 0 bridgehead atoms. The molecule has 0 spiro atoms. The predicted molar refractivity (Wildman–Crippen MR) is 59.2 cm³/mol. The highest BCUT2D eigenvalue weighted by Gasteiger charge is 2.08. The molecule has 0 aliphatic carbocycles. The van der Waals surface area contributed by atoms with Gasteiger partial charge in [-0.25, -0.2) is 0 Å². The fraction of sp³-hybridized carbons (Fsp3) is 0.333. The largest absolute Gasteiger partial charge is 0.369 e. The van der Waals surface area contributed by atoms with Crippen LogP contribution in [0.1, 0.15) is 24.5 Å². The van der Waals surface area contributed by atoms with Crippen LogP contribution in [0.25, 0.3) is 0 Å². The van der Waals surface area contributed by atoms with Crippen LogP contribution in [-0.4, -0.2) is 6.04 Å². The smallest absolute Gasteiger partial charge is 0.114 e. The average molecular weight is 199 g/mol. The second kappa shape index (κ2) is 5.02. The molecule has 0 heterocycles. The third-order valence-corrected chi connectivity index (χ3v) is 2.28. The van der Waals surface area contributed by atoms with E-state index in [0.717, 1.165) is 17.7 Å². The van der Waals surface area contributed by atoms with Crippen molar-refractivity contribution in [3.63, 3.8) is 0 Å². The van der Waals surface area contributed by atoms with Crippen LogP contribution in [0.15, 0.2) is 18.2 Å². The van der Waals surface area contributed by atoms with Gasteiger partial charge in [-0.15, -0.1) is 0 Å². The number of hydrogen-bond acceptors (Lipinski definition) is 3. The van der Waals surface area contributed by atoms with Crippen molar-refractivity contribution < 1.29 is 0 Å². The summed E-state index contributed by atoms with van der Waals surface area (Å²) in [5.74, 6) is 0. The minimum Gasteiger partial charge on any atom is -0.369 e. The number of rotatable bonds is 3. The van der Waals surface area contributed by atoms with Crippen molar-refractivity contribution in [3.8, 4) is 12.1 Å². The molecule has 1 unspecified atom stereocenters. The number of nitrogens with zero attached hydrogens (tertiary/aromatic N) is 2. The molecule has 0 saturated carbocycles. The lowest BCUT2D eigenvalue weighted by Crippen LogP contribution is -2.16. The van der Waals surface area contributed by atoms with Crippen LogP contribution in [0, 0.1) is 29.6 Å². The van der Waals surface area contributed by atoms with E-state index in [-0.39, 0.29) is 6.04 Å². The summed E-state index contributed by atoms with van der Waals surface area (Å²) in [6, 6.07) is 9.65. The zero-order valence-electron chi connectivity index (χ0n) is 8.91. The van der Waals surface area contributed by atoms with Crippen LogP contribution in [-0.2, 0) is 0 Å². The summed E-state index contributed by atoms with van der Waals surface area (Å²) < 4.78 is 0. The highest BCUT2D eigenvalue weighted by molar-refractivity contribution is 5.61. The van der Waals surface area contributed by atoms with Gasteiger partial charge in [0.1, 0.15) is 12.1 Å². The molecule has 76 valence electrons. The fourth-order valence-corrected chi connectivity index (χ4v) is 1.35. The number of anilines is 1. The van der Waals surface area contributed by atoms with E-state index in [4.69, 9.17) is 10.5 Å². The third-order valence-electron chi connectivity index (χ3n) is 2.28. The number of nitrogens with one attached hydrogen (secondary N) is 1. The van der Waals surface area contributed by atoms with Crippen molar-refractivity contribution in [3.05, 3.63) is 29.3 Å². The van der Waals surface area contributed by atoms with E-state index in [1.165, 1.54) is 0 Å². The Morgan fingerprint density at radius 2 is 2.13 bits per heavy atom. The van der Waals surface area contributed by atoms with Crippen molar-refractivity contribution in [2.45, 2.75) is 26.3 Å². The fourth-order valence-electron chi connectivity index (χ4n) is 1.35. The summed E-state index contributed by atoms with van der Waals surface area (Å²) in [7, 11) is 0. The maximum Gasteiger partial charge on any atom is 0.114 e. The van der Waals surface area contributed by atoms with Gasteiger partial charge in [-0.05, 0) is 25.0 Å². The molecule has 15 heavy (non-hydrogen) atoms. The Balaban J connectivity index is 3.01. The van der Waals surface area contributed by atoms with Crippen molar-refractivity contribution in [1.29, 1.82) is 10.5 Å². The molecule has 0 aromatic heterocycles. The maximum absolute atomic E-state index is 8.98. The van der Waals surface area contributed by atoms with Gasteiger partial charge in [-0.3, -0.25) is 0 Å². The number of aryl methyl sites for hydroxylation is 1. The molecule has 0 aliphatic heterocycles. The lowest BCUT2D eigenvalue weighted by Gasteiger charge is -2.12. The summed E-state index contributed by atoms with van der Waals surface area (Å²) >= 11 is 0. The van der Waals surface area contributed by atoms with E-state index in [1.807, 2.05) is 32.0 Å². The average Bonchev–Trinajstić information content (AvgIpc) is 2.26. The standard InChI is InChI=1S/C12H13N3/c1-3-10(7-13)15-12-6-4-5-9(2)11(12)8-14/h4-6,10,15H,3H2,1-2H3. The topological polar surface area (TPSA) is 59.6 Å². The van der Waals surface area contributed by atoms with E-state index in [0.29, 0.717) is 5.56 Å². The van der Waals surface area contributed by atoms with Gasteiger partial charge in [0.15, 0.2) is 0 Å². The predicted octanol–water partition coefficient (Wildman–Crippen LogP) is 2.58. The summed E-state index contributed by atoms with van der Waals surface area (Å²) in [5.41, 5.74) is 2.28. The highest BCUT2D eigenvalue weighted by atomic mass is 14.9. The van der Waals surface area contributed by atoms with E-state index < -0.39 is 0 Å². The van der Waals surface area contributed by atoms with Crippen molar-refractivity contribution in [2.75, 3.05) is 5.32 Å². The number of benzene rings is 1. The molecule has 1 aromatic carbocycles. The first kappa shape index (κ1) is 11.1. The van der Waals surface area contributed by atoms with Gasteiger partial charge in [0.05, 0.1) is 17.3 Å². The SMILES string of the molecule is CCC(C#N)Nc1cccc(C)c1C#N. The molecule has 0 aliphatic rings. The molecule has 3 nitrogen and oxygen atoms in total. The molecule has 0 fully saturated rings. The molecule has 1 rings (SSSR count). The van der Waals surface area contributed by atoms with E-state index in [1.54, 1.807) is 0 Å². The third kappa shape index (κ3) is 2.48. The number of nitriles is 2. The van der Waals surface area contributed by atoms with Crippen molar-refractivity contribution in [2.24, 2.45) is 0 Å². The molecule has 0 saturated heterocycles. The normalized spacial score (nSPS) is 11.2. The minimum atomic E-state index is -0.237. The van der Waals surface area contributed by atoms with Crippen molar-refractivity contribution >= 4 is 5.69 Å². The van der Waals surface area contributed by atoms with Crippen molar-refractivity contribution in [1.82, 2.24) is 0 Å². The quantitative estimate of drug-likeness (QED) is 0.813. The molecule has 1 aromatic rings. The lowest BCUT2D eigenvalue weighted by molar-refractivity contribution is 0.844. The minimum absolute atomic E-state index is 0.237. The van der Waals surface area contributed by atoms with Crippen LogP contribution in [0.5, 0.6) is 0 Å². The first-order valence-corrected chi connectivity index (χ1v) is 4.88. The summed E-state index contributed by atoms with van der Waals surface area (Å²) in [6.07, 6.45) is 0.718. The second-order valence-corrected chi connectivity index (χ2v) is 3.34. The van der Waals surface area contributed by atoms with Gasteiger partial charge < -0.3 is 5.32 Å². The van der Waals surface area contributed by atoms with Crippen LogP contribution in [0.4, 0.5) is 5.69 Å². The summed E-state index contributed by atoms with van der Waals surface area (Å²) in [6.45, 7) is 3.82. The first-order chi connectivity index (χ1) is 7.22. The molecule has 3 heteroatoms. The zero-order chi connectivity index (χ0) is 11.3. The van der Waals surface area contributed by atoms with Crippen LogP contribution in [0.3, 0.4) is 0 Å². The van der Waals surface area contributed by atoms with Gasteiger partial charge in [0, 0.05) is 0 Å². The highest BCUT2D eigenvalue weighted by Crippen LogP contribution is 2.19.